The molecule has 1 unspecified atom stereocenters. The molecule has 2 atom stereocenters. The summed E-state index contributed by atoms with van der Waals surface area (Å²) >= 11 is 0. The fourth-order valence-electron chi connectivity index (χ4n) is 2.72. The summed E-state index contributed by atoms with van der Waals surface area (Å²) in [5.41, 5.74) is 1.23. The highest BCUT2D eigenvalue weighted by Gasteiger charge is 2.52. The minimum Gasteiger partial charge on any atom is -0.505 e. The maximum atomic E-state index is 13.3. The fourth-order valence-corrected chi connectivity index (χ4v) is 2.72. The van der Waals surface area contributed by atoms with E-state index in [0.29, 0.717) is 5.92 Å². The number of hydrogen-bond donors (Lipinski definition) is 1. The summed E-state index contributed by atoms with van der Waals surface area (Å²) in [6.45, 7) is 4.33. The van der Waals surface area contributed by atoms with Gasteiger partial charge < -0.3 is 5.11 Å². The van der Waals surface area contributed by atoms with Crippen LogP contribution in [0.1, 0.15) is 38.7 Å². The lowest BCUT2D eigenvalue weighted by Crippen LogP contribution is -2.08. The summed E-state index contributed by atoms with van der Waals surface area (Å²) in [7, 11) is 0. The van der Waals surface area contributed by atoms with Crippen LogP contribution < -0.4 is 0 Å². The third-order valence-corrected chi connectivity index (χ3v) is 3.88. The van der Waals surface area contributed by atoms with Crippen molar-refractivity contribution in [3.8, 4) is 5.75 Å². The zero-order valence-electron chi connectivity index (χ0n) is 9.26. The van der Waals surface area contributed by atoms with Gasteiger partial charge in [0.1, 0.15) is 0 Å². The van der Waals surface area contributed by atoms with Gasteiger partial charge in [-0.05, 0) is 41.9 Å². The van der Waals surface area contributed by atoms with E-state index in [-0.39, 0.29) is 11.2 Å². The number of aromatic hydroxyl groups is 1. The average Bonchev–Trinajstić information content (AvgIpc) is 2.97. The van der Waals surface area contributed by atoms with E-state index in [1.54, 1.807) is 0 Å². The Morgan fingerprint density at radius 2 is 2.20 bits per heavy atom. The molecule has 0 bridgehead atoms. The second kappa shape index (κ2) is 3.51. The molecule has 0 aromatic heterocycles. The summed E-state index contributed by atoms with van der Waals surface area (Å²) in [6.07, 6.45) is 3.36. The van der Waals surface area contributed by atoms with E-state index in [1.807, 2.05) is 6.07 Å². The Morgan fingerprint density at radius 1 is 1.47 bits per heavy atom. The van der Waals surface area contributed by atoms with Gasteiger partial charge in [0.15, 0.2) is 11.6 Å². The van der Waals surface area contributed by atoms with Crippen LogP contribution in [0.25, 0.3) is 0 Å². The van der Waals surface area contributed by atoms with E-state index in [4.69, 9.17) is 5.11 Å². The Kier molecular flexibility index (Phi) is 2.45. The first kappa shape index (κ1) is 10.5. The predicted molar refractivity (Wildman–Crippen MR) is 58.4 cm³/mol. The lowest BCUT2D eigenvalue weighted by Gasteiger charge is -2.15. The number of phenolic OH excluding ortho intramolecular Hbond substituents is 1. The Morgan fingerprint density at radius 3 is 2.67 bits per heavy atom. The molecule has 1 aromatic carbocycles. The molecule has 15 heavy (non-hydrogen) atoms. The highest BCUT2D eigenvalue weighted by atomic mass is 19.1. The molecule has 1 nitrogen and oxygen atoms in total. The van der Waals surface area contributed by atoms with Crippen molar-refractivity contribution in [2.45, 2.75) is 38.5 Å². The third kappa shape index (κ3) is 1.52. The molecule has 1 fully saturated rings. The normalized spacial score (nSPS) is 29.1. The van der Waals surface area contributed by atoms with E-state index in [0.717, 1.165) is 24.8 Å². The zero-order valence-corrected chi connectivity index (χ0v) is 9.26. The number of benzene rings is 1. The highest BCUT2D eigenvalue weighted by Crippen LogP contribution is 2.58. The van der Waals surface area contributed by atoms with Gasteiger partial charge in [-0.15, -0.1) is 0 Å². The molecule has 82 valence electrons. The summed E-state index contributed by atoms with van der Waals surface area (Å²) in [5.74, 6) is -0.0628. The van der Waals surface area contributed by atoms with Crippen LogP contribution >= 0.6 is 0 Å². The van der Waals surface area contributed by atoms with E-state index in [1.165, 1.54) is 12.1 Å². The first-order valence-electron chi connectivity index (χ1n) is 5.63. The molecule has 2 heteroatoms. The van der Waals surface area contributed by atoms with Crippen molar-refractivity contribution in [3.05, 3.63) is 29.6 Å². The minimum atomic E-state index is -0.498. The topological polar surface area (TPSA) is 20.2 Å². The van der Waals surface area contributed by atoms with Gasteiger partial charge in [0.25, 0.3) is 0 Å². The number of rotatable bonds is 3. The fraction of sp³-hybridized carbons (Fsp3) is 0.538. The van der Waals surface area contributed by atoms with Crippen molar-refractivity contribution in [1.29, 1.82) is 0 Å². The van der Waals surface area contributed by atoms with Crippen LogP contribution in [0, 0.1) is 11.7 Å². The molecule has 0 saturated heterocycles. The molecule has 0 aliphatic heterocycles. The molecule has 2 rings (SSSR count). The van der Waals surface area contributed by atoms with Crippen LogP contribution in [0.2, 0.25) is 0 Å². The number of hydrogen-bond acceptors (Lipinski definition) is 1. The molecule has 0 heterocycles. The van der Waals surface area contributed by atoms with Crippen molar-refractivity contribution in [3.63, 3.8) is 0 Å². The van der Waals surface area contributed by atoms with Crippen molar-refractivity contribution in [1.82, 2.24) is 0 Å². The van der Waals surface area contributed by atoms with E-state index in [2.05, 4.69) is 13.8 Å². The zero-order chi connectivity index (χ0) is 11.1. The smallest absolute Gasteiger partial charge is 0.165 e. The second-order valence-corrected chi connectivity index (χ2v) is 4.49. The molecule has 1 aliphatic rings. The molecule has 1 saturated carbocycles. The van der Waals surface area contributed by atoms with Gasteiger partial charge in [-0.1, -0.05) is 26.3 Å². The van der Waals surface area contributed by atoms with Gasteiger partial charge in [0, 0.05) is 0 Å². The molecule has 0 radical (unpaired) electrons. The maximum absolute atomic E-state index is 13.3. The SMILES string of the molecule is CC[C@@H]1CC1(CC)c1ccc(O)c(F)c1. The lowest BCUT2D eigenvalue weighted by molar-refractivity contribution is 0.430. The Balaban J connectivity index is 2.33. The first-order valence-corrected chi connectivity index (χ1v) is 5.63. The van der Waals surface area contributed by atoms with Gasteiger partial charge in [0.2, 0.25) is 0 Å². The van der Waals surface area contributed by atoms with Crippen LogP contribution in [0.3, 0.4) is 0 Å². The molecular weight excluding hydrogens is 191 g/mol. The predicted octanol–water partition coefficient (Wildman–Crippen LogP) is 3.61. The summed E-state index contributed by atoms with van der Waals surface area (Å²) < 4.78 is 13.3. The largest absolute Gasteiger partial charge is 0.505 e. The van der Waals surface area contributed by atoms with Crippen molar-refractivity contribution >= 4 is 0 Å². The quantitative estimate of drug-likeness (QED) is 0.804. The number of phenols is 1. The van der Waals surface area contributed by atoms with Gasteiger partial charge in [-0.25, -0.2) is 4.39 Å². The van der Waals surface area contributed by atoms with Gasteiger partial charge in [-0.2, -0.15) is 0 Å². The van der Waals surface area contributed by atoms with Crippen LogP contribution in [0.5, 0.6) is 5.75 Å². The molecule has 0 spiro atoms. The van der Waals surface area contributed by atoms with Gasteiger partial charge >= 0.3 is 0 Å². The highest BCUT2D eigenvalue weighted by molar-refractivity contribution is 5.38. The van der Waals surface area contributed by atoms with E-state index in [9.17, 15) is 4.39 Å². The van der Waals surface area contributed by atoms with Gasteiger partial charge in [-0.3, -0.25) is 0 Å². The molecule has 1 aliphatic carbocycles. The third-order valence-electron chi connectivity index (χ3n) is 3.88. The lowest BCUT2D eigenvalue weighted by atomic mass is 9.89. The van der Waals surface area contributed by atoms with Crippen LogP contribution in [-0.2, 0) is 5.41 Å². The second-order valence-electron chi connectivity index (χ2n) is 4.49. The van der Waals surface area contributed by atoms with Crippen molar-refractivity contribution < 1.29 is 9.50 Å². The summed E-state index contributed by atoms with van der Waals surface area (Å²) in [5, 5.41) is 9.15. The average molecular weight is 208 g/mol. The Labute approximate surface area is 89.9 Å². The minimum absolute atomic E-state index is 0.184. The summed E-state index contributed by atoms with van der Waals surface area (Å²) in [4.78, 5) is 0. The molecule has 1 N–H and O–H groups in total. The standard InChI is InChI=1S/C13H17FO/c1-3-9-8-13(9,4-2)10-5-6-12(15)11(14)7-10/h5-7,9,15H,3-4,8H2,1-2H3/t9-,13?/m1/s1. The number of halogens is 1. The Bertz CT molecular complexity index is 375. The van der Waals surface area contributed by atoms with Crippen LogP contribution in [0.4, 0.5) is 4.39 Å². The molecular formula is C13H17FO. The summed E-state index contributed by atoms with van der Waals surface area (Å²) in [6, 6.07) is 4.82. The van der Waals surface area contributed by atoms with Crippen LogP contribution in [0.15, 0.2) is 18.2 Å². The molecule has 1 aromatic rings. The monoisotopic (exact) mass is 208 g/mol. The van der Waals surface area contributed by atoms with Crippen molar-refractivity contribution in [2.75, 3.05) is 0 Å². The maximum Gasteiger partial charge on any atom is 0.165 e. The van der Waals surface area contributed by atoms with Crippen LogP contribution in [-0.4, -0.2) is 5.11 Å². The van der Waals surface area contributed by atoms with Crippen molar-refractivity contribution in [2.24, 2.45) is 5.92 Å². The van der Waals surface area contributed by atoms with Gasteiger partial charge in [0.05, 0.1) is 0 Å². The first-order chi connectivity index (χ1) is 7.14. The Hall–Kier alpha value is -1.05. The van der Waals surface area contributed by atoms with E-state index >= 15 is 0 Å². The molecule has 0 amide bonds. The van der Waals surface area contributed by atoms with E-state index < -0.39 is 5.82 Å².